The van der Waals surface area contributed by atoms with Crippen LogP contribution in [0.3, 0.4) is 0 Å². The summed E-state index contributed by atoms with van der Waals surface area (Å²) >= 11 is 0. The molecule has 0 spiro atoms. The predicted octanol–water partition coefficient (Wildman–Crippen LogP) is 10.7. The molecule has 1 aliphatic carbocycles. The molecule has 2 nitrogen and oxygen atoms in total. The number of hydrogen-bond donors (Lipinski definition) is 0. The Kier molecular flexibility index (Phi) is 4.42. The predicted molar refractivity (Wildman–Crippen MR) is 171 cm³/mol. The molecule has 0 fully saturated rings. The number of para-hydroxylation sites is 2. The van der Waals surface area contributed by atoms with Crippen molar-refractivity contribution in [2.45, 2.75) is 19.3 Å². The molecule has 0 amide bonds. The Balaban J connectivity index is 1.23. The molecule has 2 aromatic heterocycles. The van der Waals surface area contributed by atoms with E-state index in [2.05, 4.69) is 140 Å². The van der Waals surface area contributed by atoms with Crippen LogP contribution in [-0.4, -0.2) is 4.57 Å². The summed E-state index contributed by atoms with van der Waals surface area (Å²) in [6.45, 7) is 4.66. The molecule has 0 radical (unpaired) electrons. The van der Waals surface area contributed by atoms with E-state index in [1.54, 1.807) is 0 Å². The van der Waals surface area contributed by atoms with Crippen LogP contribution in [-0.2, 0) is 5.41 Å². The maximum absolute atomic E-state index is 6.52. The Hall–Kier alpha value is -5.08. The normalized spacial score (nSPS) is 13.8. The summed E-state index contributed by atoms with van der Waals surface area (Å²) < 4.78 is 8.88. The van der Waals surface area contributed by atoms with Crippen LogP contribution in [0.2, 0.25) is 0 Å². The summed E-state index contributed by atoms with van der Waals surface area (Å²) in [5, 5.41) is 4.73. The zero-order chi connectivity index (χ0) is 27.3. The van der Waals surface area contributed by atoms with E-state index in [0.717, 1.165) is 33.1 Å². The highest BCUT2D eigenvalue weighted by Gasteiger charge is 2.35. The van der Waals surface area contributed by atoms with Gasteiger partial charge in [0.05, 0.1) is 11.0 Å². The fourth-order valence-corrected chi connectivity index (χ4v) is 7.20. The fraction of sp³-hybridized carbons (Fsp3) is 0.0769. The SMILES string of the molecule is CC1(C)c2ccccc2-c2cc(-c3ccc(-n4c5ccccc5c5ccc6c7ccccc7oc6c54)cc3)ccc21. The molecule has 2 heteroatoms. The van der Waals surface area contributed by atoms with Crippen molar-refractivity contribution in [3.8, 4) is 27.9 Å². The molecule has 8 aromatic rings. The molecule has 0 unspecified atom stereocenters. The molecular formula is C39H27NO. The van der Waals surface area contributed by atoms with Crippen molar-refractivity contribution in [2.24, 2.45) is 0 Å². The summed E-state index contributed by atoms with van der Waals surface area (Å²) in [6.07, 6.45) is 0. The van der Waals surface area contributed by atoms with E-state index >= 15 is 0 Å². The van der Waals surface area contributed by atoms with E-state index in [1.165, 1.54) is 49.7 Å². The summed E-state index contributed by atoms with van der Waals surface area (Å²) in [6, 6.07) is 46.2. The Labute approximate surface area is 238 Å². The fourth-order valence-electron chi connectivity index (χ4n) is 7.20. The van der Waals surface area contributed by atoms with Gasteiger partial charge in [0, 0.05) is 32.6 Å². The standard InChI is InChI=1S/C39H27NO/c1-39(2)33-12-6-3-9-27(33)32-23-25(17-22-34(32)39)24-15-18-26(19-16-24)40-35-13-7-4-10-28(35)30-20-21-31-29-11-5-8-14-36(29)41-38(31)37(30)40/h3-23H,1-2H3. The lowest BCUT2D eigenvalue weighted by Gasteiger charge is -2.21. The van der Waals surface area contributed by atoms with Crippen molar-refractivity contribution >= 4 is 43.7 Å². The van der Waals surface area contributed by atoms with Crippen LogP contribution in [0.1, 0.15) is 25.0 Å². The summed E-state index contributed by atoms with van der Waals surface area (Å²) in [4.78, 5) is 0. The monoisotopic (exact) mass is 525 g/mol. The van der Waals surface area contributed by atoms with Gasteiger partial charge in [-0.25, -0.2) is 0 Å². The van der Waals surface area contributed by atoms with E-state index < -0.39 is 0 Å². The molecule has 0 saturated carbocycles. The topological polar surface area (TPSA) is 18.1 Å². The number of nitrogens with zero attached hydrogens (tertiary/aromatic N) is 1. The van der Waals surface area contributed by atoms with Gasteiger partial charge in [-0.1, -0.05) is 105 Å². The van der Waals surface area contributed by atoms with Crippen LogP contribution in [0.4, 0.5) is 0 Å². The maximum atomic E-state index is 6.52. The van der Waals surface area contributed by atoms with E-state index in [0.29, 0.717) is 0 Å². The van der Waals surface area contributed by atoms with Crippen molar-refractivity contribution < 1.29 is 4.42 Å². The van der Waals surface area contributed by atoms with Gasteiger partial charge < -0.3 is 8.98 Å². The third-order valence-corrected chi connectivity index (χ3v) is 9.22. The van der Waals surface area contributed by atoms with E-state index in [4.69, 9.17) is 4.42 Å². The number of fused-ring (bicyclic) bond motifs is 10. The zero-order valence-electron chi connectivity index (χ0n) is 23.0. The third kappa shape index (κ3) is 3.02. The first-order chi connectivity index (χ1) is 20.1. The molecule has 0 aliphatic heterocycles. The van der Waals surface area contributed by atoms with Crippen LogP contribution in [0, 0.1) is 0 Å². The average molecular weight is 526 g/mol. The highest BCUT2D eigenvalue weighted by Crippen LogP contribution is 2.49. The lowest BCUT2D eigenvalue weighted by molar-refractivity contribution is 0.660. The third-order valence-electron chi connectivity index (χ3n) is 9.22. The van der Waals surface area contributed by atoms with Crippen LogP contribution >= 0.6 is 0 Å². The smallest absolute Gasteiger partial charge is 0.160 e. The van der Waals surface area contributed by atoms with E-state index in [9.17, 15) is 0 Å². The zero-order valence-corrected chi connectivity index (χ0v) is 23.0. The van der Waals surface area contributed by atoms with Crippen LogP contribution in [0.25, 0.3) is 71.7 Å². The van der Waals surface area contributed by atoms with Crippen molar-refractivity contribution in [3.63, 3.8) is 0 Å². The van der Waals surface area contributed by atoms with Gasteiger partial charge in [-0.15, -0.1) is 0 Å². The Morgan fingerprint density at radius 1 is 0.537 bits per heavy atom. The Morgan fingerprint density at radius 2 is 1.22 bits per heavy atom. The lowest BCUT2D eigenvalue weighted by Crippen LogP contribution is -2.14. The second kappa shape index (κ2) is 7.99. The minimum absolute atomic E-state index is 0.0207. The minimum Gasteiger partial charge on any atom is -0.454 e. The second-order valence-electron chi connectivity index (χ2n) is 11.8. The molecule has 0 bridgehead atoms. The van der Waals surface area contributed by atoms with Crippen LogP contribution in [0.5, 0.6) is 0 Å². The highest BCUT2D eigenvalue weighted by molar-refractivity contribution is 6.21. The molecule has 9 rings (SSSR count). The largest absolute Gasteiger partial charge is 0.454 e. The lowest BCUT2D eigenvalue weighted by atomic mass is 9.82. The number of rotatable bonds is 2. The quantitative estimate of drug-likeness (QED) is 0.219. The van der Waals surface area contributed by atoms with Crippen molar-refractivity contribution in [3.05, 3.63) is 139 Å². The van der Waals surface area contributed by atoms with E-state index in [-0.39, 0.29) is 5.41 Å². The van der Waals surface area contributed by atoms with Gasteiger partial charge in [0.15, 0.2) is 5.58 Å². The van der Waals surface area contributed by atoms with Crippen LogP contribution < -0.4 is 0 Å². The number of aromatic nitrogens is 1. The number of hydrogen-bond acceptors (Lipinski definition) is 1. The molecule has 0 N–H and O–H groups in total. The number of furan rings is 1. The summed E-state index contributed by atoms with van der Waals surface area (Å²) in [7, 11) is 0. The van der Waals surface area contributed by atoms with Gasteiger partial charge in [-0.2, -0.15) is 0 Å². The molecule has 0 saturated heterocycles. The first kappa shape index (κ1) is 22.7. The van der Waals surface area contributed by atoms with Gasteiger partial charge in [0.2, 0.25) is 0 Å². The molecule has 0 atom stereocenters. The Morgan fingerprint density at radius 3 is 2.10 bits per heavy atom. The molecule has 6 aromatic carbocycles. The van der Waals surface area contributed by atoms with Crippen molar-refractivity contribution in [1.29, 1.82) is 0 Å². The summed E-state index contributed by atoms with van der Waals surface area (Å²) in [5.41, 5.74) is 13.3. The van der Waals surface area contributed by atoms with E-state index in [1.807, 2.05) is 6.07 Å². The average Bonchev–Trinajstić information content (AvgIpc) is 3.63. The van der Waals surface area contributed by atoms with Gasteiger partial charge >= 0.3 is 0 Å². The van der Waals surface area contributed by atoms with Gasteiger partial charge in [0.25, 0.3) is 0 Å². The molecule has 2 heterocycles. The molecule has 41 heavy (non-hydrogen) atoms. The van der Waals surface area contributed by atoms with Gasteiger partial charge in [0.1, 0.15) is 5.58 Å². The minimum atomic E-state index is 0.0207. The van der Waals surface area contributed by atoms with Crippen LogP contribution in [0.15, 0.2) is 132 Å². The first-order valence-electron chi connectivity index (χ1n) is 14.3. The molecule has 1 aliphatic rings. The first-order valence-corrected chi connectivity index (χ1v) is 14.3. The second-order valence-corrected chi connectivity index (χ2v) is 11.8. The highest BCUT2D eigenvalue weighted by atomic mass is 16.3. The van der Waals surface area contributed by atoms with Crippen molar-refractivity contribution in [2.75, 3.05) is 0 Å². The Bertz CT molecular complexity index is 2330. The summed E-state index contributed by atoms with van der Waals surface area (Å²) in [5.74, 6) is 0. The molecular weight excluding hydrogens is 498 g/mol. The van der Waals surface area contributed by atoms with Crippen molar-refractivity contribution in [1.82, 2.24) is 4.57 Å². The van der Waals surface area contributed by atoms with Gasteiger partial charge in [-0.3, -0.25) is 0 Å². The maximum Gasteiger partial charge on any atom is 0.160 e. The molecule has 194 valence electrons. The number of benzene rings is 6. The van der Waals surface area contributed by atoms with Gasteiger partial charge in [-0.05, 0) is 69.8 Å².